The Morgan fingerprint density at radius 2 is 1.70 bits per heavy atom. The molecule has 30 heavy (non-hydrogen) atoms. The number of hydrogen-bond acceptors (Lipinski definition) is 4. The van der Waals surface area contributed by atoms with Crippen molar-refractivity contribution < 1.29 is 19.4 Å². The maximum absolute atomic E-state index is 12.9. The predicted molar refractivity (Wildman–Crippen MR) is 117 cm³/mol. The van der Waals surface area contributed by atoms with E-state index in [9.17, 15) is 14.7 Å². The van der Waals surface area contributed by atoms with Gasteiger partial charge >= 0.3 is 0 Å². The van der Waals surface area contributed by atoms with Gasteiger partial charge in [0.15, 0.2) is 0 Å². The number of aliphatic hydroxyl groups excluding tert-OH is 1. The molecule has 3 rings (SSSR count). The molecule has 1 atom stereocenters. The van der Waals surface area contributed by atoms with E-state index in [2.05, 4.69) is 13.8 Å². The van der Waals surface area contributed by atoms with Gasteiger partial charge in [0.05, 0.1) is 18.2 Å². The van der Waals surface area contributed by atoms with E-state index in [0.29, 0.717) is 31.1 Å². The van der Waals surface area contributed by atoms with E-state index < -0.39 is 17.7 Å². The van der Waals surface area contributed by atoms with Crippen molar-refractivity contribution in [3.63, 3.8) is 0 Å². The van der Waals surface area contributed by atoms with Gasteiger partial charge in [-0.05, 0) is 37.0 Å². The van der Waals surface area contributed by atoms with Crippen LogP contribution in [0.2, 0.25) is 0 Å². The molecular weight excluding hydrogens is 378 g/mol. The summed E-state index contributed by atoms with van der Waals surface area (Å²) in [7, 11) is 0. The molecule has 0 aromatic heterocycles. The third kappa shape index (κ3) is 4.40. The lowest BCUT2D eigenvalue weighted by Crippen LogP contribution is -2.30. The maximum Gasteiger partial charge on any atom is 0.295 e. The van der Waals surface area contributed by atoms with Crippen LogP contribution in [-0.2, 0) is 9.59 Å². The fourth-order valence-electron chi connectivity index (χ4n) is 3.57. The minimum atomic E-state index is -0.647. The van der Waals surface area contributed by atoms with Crippen LogP contribution in [0.5, 0.6) is 5.75 Å². The minimum Gasteiger partial charge on any atom is -0.507 e. The molecule has 1 unspecified atom stereocenters. The summed E-state index contributed by atoms with van der Waals surface area (Å²) >= 11 is 0. The van der Waals surface area contributed by atoms with Gasteiger partial charge in [-0.3, -0.25) is 9.59 Å². The van der Waals surface area contributed by atoms with Crippen molar-refractivity contribution in [2.24, 2.45) is 5.92 Å². The highest BCUT2D eigenvalue weighted by Crippen LogP contribution is 2.39. The summed E-state index contributed by atoms with van der Waals surface area (Å²) in [4.78, 5) is 27.1. The Balaban J connectivity index is 2.04. The molecule has 158 valence electrons. The number of Topliss-reactive ketones (excluding diaryl/α,β-unsaturated/α-hetero) is 1. The molecule has 1 aliphatic heterocycles. The maximum atomic E-state index is 12.9. The van der Waals surface area contributed by atoms with Gasteiger partial charge in [-0.15, -0.1) is 0 Å². The number of hydrogen-bond donors (Lipinski definition) is 1. The second-order valence-electron chi connectivity index (χ2n) is 8.13. The summed E-state index contributed by atoms with van der Waals surface area (Å²) in [5.74, 6) is -0.214. The van der Waals surface area contributed by atoms with Crippen molar-refractivity contribution in [1.82, 2.24) is 4.90 Å². The molecule has 0 bridgehead atoms. The predicted octanol–water partition coefficient (Wildman–Crippen LogP) is 4.86. The molecule has 0 aliphatic carbocycles. The fourth-order valence-corrected chi connectivity index (χ4v) is 3.57. The molecule has 2 aromatic rings. The lowest BCUT2D eigenvalue weighted by atomic mass is 9.95. The van der Waals surface area contributed by atoms with Crippen molar-refractivity contribution in [1.29, 1.82) is 0 Å². The normalized spacial score (nSPS) is 18.3. The van der Waals surface area contributed by atoms with Gasteiger partial charge in [0.25, 0.3) is 11.7 Å². The van der Waals surface area contributed by atoms with E-state index in [1.54, 1.807) is 17.0 Å². The quantitative estimate of drug-likeness (QED) is 0.404. The number of ether oxygens (including phenoxy) is 1. The van der Waals surface area contributed by atoms with Crippen molar-refractivity contribution in [2.45, 2.75) is 40.2 Å². The van der Waals surface area contributed by atoms with Crippen LogP contribution in [0.3, 0.4) is 0 Å². The Bertz CT molecular complexity index is 942. The zero-order chi connectivity index (χ0) is 21.8. The van der Waals surface area contributed by atoms with Crippen LogP contribution in [0.15, 0.2) is 54.1 Å². The molecular formula is C25H29NO4. The van der Waals surface area contributed by atoms with Gasteiger partial charge in [0.2, 0.25) is 0 Å². The minimum absolute atomic E-state index is 0.133. The first kappa shape index (κ1) is 21.6. The smallest absolute Gasteiger partial charge is 0.295 e. The summed E-state index contributed by atoms with van der Waals surface area (Å²) in [5.41, 5.74) is 2.48. The van der Waals surface area contributed by atoms with E-state index >= 15 is 0 Å². The van der Waals surface area contributed by atoms with Crippen LogP contribution in [-0.4, -0.2) is 34.8 Å². The molecule has 5 nitrogen and oxygen atoms in total. The monoisotopic (exact) mass is 407 g/mol. The number of aryl methyl sites for hydroxylation is 1. The zero-order valence-electron chi connectivity index (χ0n) is 18.0. The molecule has 0 saturated carbocycles. The Kier molecular flexibility index (Phi) is 6.60. The van der Waals surface area contributed by atoms with Crippen LogP contribution >= 0.6 is 0 Å². The molecule has 0 spiro atoms. The first-order valence-corrected chi connectivity index (χ1v) is 10.4. The van der Waals surface area contributed by atoms with Gasteiger partial charge in [0.1, 0.15) is 11.5 Å². The Hall–Kier alpha value is -3.08. The fraction of sp³-hybridized carbons (Fsp3) is 0.360. The lowest BCUT2D eigenvalue weighted by molar-refractivity contribution is -0.139. The molecule has 1 heterocycles. The zero-order valence-corrected chi connectivity index (χ0v) is 18.0. The van der Waals surface area contributed by atoms with Crippen molar-refractivity contribution >= 4 is 17.4 Å². The van der Waals surface area contributed by atoms with E-state index in [4.69, 9.17) is 4.74 Å². The highest BCUT2D eigenvalue weighted by Gasteiger charge is 2.45. The summed E-state index contributed by atoms with van der Waals surface area (Å²) in [6.45, 7) is 9.12. The highest BCUT2D eigenvalue weighted by molar-refractivity contribution is 6.46. The number of likely N-dealkylation sites (tertiary alicyclic amines) is 1. The van der Waals surface area contributed by atoms with Crippen molar-refractivity contribution in [3.05, 3.63) is 70.8 Å². The van der Waals surface area contributed by atoms with Gasteiger partial charge in [-0.25, -0.2) is 0 Å². The summed E-state index contributed by atoms with van der Waals surface area (Å²) in [6.07, 6.45) is 0.712. The number of rotatable bonds is 7. The largest absolute Gasteiger partial charge is 0.507 e. The van der Waals surface area contributed by atoms with Crippen LogP contribution < -0.4 is 4.74 Å². The highest BCUT2D eigenvalue weighted by atomic mass is 16.5. The Morgan fingerprint density at radius 1 is 1.07 bits per heavy atom. The molecule has 1 saturated heterocycles. The Morgan fingerprint density at radius 3 is 2.27 bits per heavy atom. The second kappa shape index (κ2) is 9.16. The third-order valence-corrected chi connectivity index (χ3v) is 5.11. The first-order chi connectivity index (χ1) is 14.3. The number of ketones is 1. The second-order valence-corrected chi connectivity index (χ2v) is 8.13. The van der Waals surface area contributed by atoms with Gasteiger partial charge in [-0.2, -0.15) is 0 Å². The number of amides is 1. The van der Waals surface area contributed by atoms with Crippen LogP contribution in [0.1, 0.15) is 49.9 Å². The average molecular weight is 408 g/mol. The van der Waals surface area contributed by atoms with Crippen LogP contribution in [0.4, 0.5) is 0 Å². The third-order valence-electron chi connectivity index (χ3n) is 5.11. The standard InChI is InChI=1S/C25H29NO4/c1-5-14-26-22(18-10-12-20(13-11-18)30-15-16(2)3)21(24(28)25(26)29)23(27)19-8-6-17(4)7-9-19/h6-13,16,22,27H,5,14-15H2,1-4H3/b23-21-. The number of aliphatic hydroxyl groups is 1. The van der Waals surface area contributed by atoms with E-state index in [0.717, 1.165) is 16.9 Å². The lowest BCUT2D eigenvalue weighted by Gasteiger charge is -2.25. The molecule has 1 fully saturated rings. The van der Waals surface area contributed by atoms with E-state index in [-0.39, 0.29) is 11.3 Å². The first-order valence-electron chi connectivity index (χ1n) is 10.4. The SMILES string of the molecule is CCCN1C(=O)C(=O)/C(=C(\O)c2ccc(C)cc2)C1c1ccc(OCC(C)C)cc1. The Labute approximate surface area is 178 Å². The number of carbonyl (C=O) groups is 2. The summed E-state index contributed by atoms with van der Waals surface area (Å²) < 4.78 is 5.75. The molecule has 1 N–H and O–H groups in total. The van der Waals surface area contributed by atoms with Gasteiger partial charge in [0, 0.05) is 12.1 Å². The number of carbonyl (C=O) groups excluding carboxylic acids is 2. The van der Waals surface area contributed by atoms with Crippen LogP contribution in [0, 0.1) is 12.8 Å². The molecule has 0 radical (unpaired) electrons. The van der Waals surface area contributed by atoms with E-state index in [1.807, 2.05) is 50.2 Å². The topological polar surface area (TPSA) is 66.8 Å². The molecule has 1 aliphatic rings. The van der Waals surface area contributed by atoms with Crippen LogP contribution in [0.25, 0.3) is 5.76 Å². The van der Waals surface area contributed by atoms with Crippen molar-refractivity contribution in [2.75, 3.05) is 13.2 Å². The molecule has 5 heteroatoms. The average Bonchev–Trinajstić information content (AvgIpc) is 2.98. The molecule has 2 aromatic carbocycles. The van der Waals surface area contributed by atoms with Gasteiger partial charge < -0.3 is 14.7 Å². The van der Waals surface area contributed by atoms with E-state index in [1.165, 1.54) is 0 Å². The summed E-state index contributed by atoms with van der Waals surface area (Å²) in [6, 6.07) is 14.0. The summed E-state index contributed by atoms with van der Waals surface area (Å²) in [5, 5.41) is 11.0. The molecule has 1 amide bonds. The number of benzene rings is 2. The van der Waals surface area contributed by atoms with Gasteiger partial charge in [-0.1, -0.05) is 62.7 Å². The number of nitrogens with zero attached hydrogens (tertiary/aromatic N) is 1. The van der Waals surface area contributed by atoms with Crippen molar-refractivity contribution in [3.8, 4) is 5.75 Å².